The van der Waals surface area contributed by atoms with Crippen LogP contribution in [-0.4, -0.2) is 38.5 Å². The normalized spacial score (nSPS) is 16.8. The van der Waals surface area contributed by atoms with Crippen molar-refractivity contribution >= 4 is 21.9 Å². The van der Waals surface area contributed by atoms with Crippen molar-refractivity contribution in [2.75, 3.05) is 0 Å². The van der Waals surface area contributed by atoms with Crippen LogP contribution in [0.5, 0.6) is 0 Å². The molecule has 26 heavy (non-hydrogen) atoms. The molecule has 9 heteroatoms. The summed E-state index contributed by atoms with van der Waals surface area (Å²) in [4.78, 5) is 23.7. The fourth-order valence-electron chi connectivity index (χ4n) is 2.20. The van der Waals surface area contributed by atoms with E-state index in [1.165, 1.54) is 19.1 Å². The molecule has 144 valence electrons. The Morgan fingerprint density at radius 2 is 1.81 bits per heavy atom. The van der Waals surface area contributed by atoms with Crippen LogP contribution < -0.4 is 10.0 Å². The highest BCUT2D eigenvalue weighted by Gasteiger charge is 2.33. The number of ether oxygens (including phenoxy) is 1. The van der Waals surface area contributed by atoms with E-state index in [0.717, 1.165) is 25.0 Å². The number of sulfonamides is 1. The van der Waals surface area contributed by atoms with Crippen LogP contribution in [0, 0.1) is 11.7 Å². The first-order valence-corrected chi connectivity index (χ1v) is 9.88. The average molecular weight is 386 g/mol. The second kappa shape index (κ2) is 8.13. The topological polar surface area (TPSA) is 102 Å². The second-order valence-electron chi connectivity index (χ2n) is 6.64. The molecule has 0 saturated heterocycles. The summed E-state index contributed by atoms with van der Waals surface area (Å²) in [6.07, 6.45) is 0.731. The van der Waals surface area contributed by atoms with Crippen molar-refractivity contribution in [2.24, 2.45) is 5.92 Å². The van der Waals surface area contributed by atoms with Crippen molar-refractivity contribution in [3.63, 3.8) is 0 Å². The molecule has 0 aromatic heterocycles. The molecule has 0 heterocycles. The Hall–Kier alpha value is -2.00. The number of halogens is 1. The van der Waals surface area contributed by atoms with Crippen molar-refractivity contribution in [3.8, 4) is 0 Å². The van der Waals surface area contributed by atoms with Gasteiger partial charge in [-0.25, -0.2) is 12.8 Å². The molecule has 7 nitrogen and oxygen atoms in total. The summed E-state index contributed by atoms with van der Waals surface area (Å²) < 4.78 is 45.9. The maximum Gasteiger partial charge on any atom is 0.325 e. The molecule has 0 radical (unpaired) electrons. The van der Waals surface area contributed by atoms with E-state index >= 15 is 0 Å². The standard InChI is InChI=1S/C17H23FN2O5S/c1-10(2)15(17(22)25-11(3)16(21)19-12-8-9-12)20-26(23,24)14-7-5-4-6-13(14)18/h4-7,10-12,15,20H,8-9H2,1-3H3,(H,19,21). The highest BCUT2D eigenvalue weighted by atomic mass is 32.2. The first kappa shape index (κ1) is 20.3. The number of rotatable bonds is 8. The number of esters is 1. The molecular weight excluding hydrogens is 363 g/mol. The van der Waals surface area contributed by atoms with Crippen LogP contribution in [0.25, 0.3) is 0 Å². The van der Waals surface area contributed by atoms with Gasteiger partial charge in [0.1, 0.15) is 16.8 Å². The molecule has 2 unspecified atom stereocenters. The lowest BCUT2D eigenvalue weighted by Crippen LogP contribution is -2.48. The summed E-state index contributed by atoms with van der Waals surface area (Å²) >= 11 is 0. The van der Waals surface area contributed by atoms with E-state index < -0.39 is 50.7 Å². The largest absolute Gasteiger partial charge is 0.451 e. The molecule has 2 N–H and O–H groups in total. The molecule has 0 spiro atoms. The fraction of sp³-hybridized carbons (Fsp3) is 0.529. The Kier molecular flexibility index (Phi) is 6.35. The molecule has 2 atom stereocenters. The van der Waals surface area contributed by atoms with Crippen LogP contribution in [0.3, 0.4) is 0 Å². The smallest absolute Gasteiger partial charge is 0.325 e. The summed E-state index contributed by atoms with van der Waals surface area (Å²) in [5.41, 5.74) is 0. The lowest BCUT2D eigenvalue weighted by atomic mass is 10.1. The van der Waals surface area contributed by atoms with E-state index in [0.29, 0.717) is 0 Å². The van der Waals surface area contributed by atoms with Gasteiger partial charge in [0.2, 0.25) is 10.0 Å². The van der Waals surface area contributed by atoms with Gasteiger partial charge in [0.25, 0.3) is 5.91 Å². The van der Waals surface area contributed by atoms with Gasteiger partial charge in [-0.3, -0.25) is 9.59 Å². The minimum absolute atomic E-state index is 0.115. The number of carbonyl (C=O) groups excluding carboxylic acids is 2. The molecule has 1 aliphatic rings. The predicted molar refractivity (Wildman–Crippen MR) is 92.1 cm³/mol. The lowest BCUT2D eigenvalue weighted by molar-refractivity contribution is -0.157. The summed E-state index contributed by atoms with van der Waals surface area (Å²) in [6.45, 7) is 4.65. The molecule has 1 fully saturated rings. The average Bonchev–Trinajstić information content (AvgIpc) is 3.36. The first-order valence-electron chi connectivity index (χ1n) is 8.39. The molecular formula is C17H23FN2O5S. The Bertz CT molecular complexity index is 777. The van der Waals surface area contributed by atoms with E-state index in [1.807, 2.05) is 0 Å². The van der Waals surface area contributed by atoms with Gasteiger partial charge >= 0.3 is 5.97 Å². The number of amides is 1. The van der Waals surface area contributed by atoms with Gasteiger partial charge in [0.05, 0.1) is 0 Å². The van der Waals surface area contributed by atoms with Crippen LogP contribution >= 0.6 is 0 Å². The van der Waals surface area contributed by atoms with Gasteiger partial charge in [-0.05, 0) is 37.8 Å². The predicted octanol–water partition coefficient (Wildman–Crippen LogP) is 1.34. The zero-order valence-electron chi connectivity index (χ0n) is 14.9. The Morgan fingerprint density at radius 3 is 2.35 bits per heavy atom. The summed E-state index contributed by atoms with van der Waals surface area (Å²) in [5.74, 6) is -2.71. The van der Waals surface area contributed by atoms with E-state index in [1.54, 1.807) is 13.8 Å². The highest BCUT2D eigenvalue weighted by molar-refractivity contribution is 7.89. The number of carbonyl (C=O) groups is 2. The maximum absolute atomic E-state index is 13.8. The van der Waals surface area contributed by atoms with Crippen LogP contribution in [0.1, 0.15) is 33.6 Å². The Balaban J connectivity index is 2.08. The first-order chi connectivity index (χ1) is 12.1. The van der Waals surface area contributed by atoms with Crippen molar-refractivity contribution < 1.29 is 27.1 Å². The molecule has 1 saturated carbocycles. The third kappa shape index (κ3) is 5.25. The van der Waals surface area contributed by atoms with Crippen molar-refractivity contribution in [1.29, 1.82) is 0 Å². The lowest BCUT2D eigenvalue weighted by Gasteiger charge is -2.23. The van der Waals surface area contributed by atoms with Gasteiger partial charge in [0.15, 0.2) is 6.10 Å². The highest BCUT2D eigenvalue weighted by Crippen LogP contribution is 2.19. The molecule has 0 aliphatic heterocycles. The van der Waals surface area contributed by atoms with E-state index in [4.69, 9.17) is 4.74 Å². The monoisotopic (exact) mass is 386 g/mol. The minimum atomic E-state index is -4.27. The molecule has 1 aromatic carbocycles. The van der Waals surface area contributed by atoms with Crippen molar-refractivity contribution in [1.82, 2.24) is 10.0 Å². The zero-order chi connectivity index (χ0) is 19.5. The second-order valence-corrected chi connectivity index (χ2v) is 8.32. The molecule has 1 aliphatic carbocycles. The van der Waals surface area contributed by atoms with Crippen LogP contribution in [0.15, 0.2) is 29.2 Å². The van der Waals surface area contributed by atoms with Gasteiger partial charge in [-0.2, -0.15) is 4.72 Å². The summed E-state index contributed by atoms with van der Waals surface area (Å²) in [5, 5.41) is 2.70. The maximum atomic E-state index is 13.8. The number of hydrogen-bond acceptors (Lipinski definition) is 5. The molecule has 1 amide bonds. The molecule has 1 aromatic rings. The van der Waals surface area contributed by atoms with Gasteiger partial charge < -0.3 is 10.1 Å². The van der Waals surface area contributed by atoms with E-state index in [9.17, 15) is 22.4 Å². The Labute approximate surface area is 152 Å². The third-order valence-corrected chi connectivity index (χ3v) is 5.39. The summed E-state index contributed by atoms with van der Waals surface area (Å²) in [6, 6.07) is 3.72. The van der Waals surface area contributed by atoms with Crippen LogP contribution in [0.2, 0.25) is 0 Å². The molecule has 0 bridgehead atoms. The quantitative estimate of drug-likeness (QED) is 0.657. The van der Waals surface area contributed by atoms with Gasteiger partial charge in [0, 0.05) is 6.04 Å². The SMILES string of the molecule is CC(OC(=O)C(NS(=O)(=O)c1ccccc1F)C(C)C)C(=O)NC1CC1. The van der Waals surface area contributed by atoms with Crippen LogP contribution in [-0.2, 0) is 24.3 Å². The number of benzene rings is 1. The third-order valence-electron chi connectivity index (χ3n) is 3.91. The zero-order valence-corrected chi connectivity index (χ0v) is 15.7. The van der Waals surface area contributed by atoms with E-state index in [-0.39, 0.29) is 6.04 Å². The van der Waals surface area contributed by atoms with E-state index in [2.05, 4.69) is 10.0 Å². The summed E-state index contributed by atoms with van der Waals surface area (Å²) in [7, 11) is -4.27. The number of nitrogens with one attached hydrogen (secondary N) is 2. The molecule has 2 rings (SSSR count). The fourth-order valence-corrected chi connectivity index (χ4v) is 3.61. The minimum Gasteiger partial charge on any atom is -0.451 e. The van der Waals surface area contributed by atoms with Crippen molar-refractivity contribution in [3.05, 3.63) is 30.1 Å². The van der Waals surface area contributed by atoms with Gasteiger partial charge in [-0.1, -0.05) is 26.0 Å². The Morgan fingerprint density at radius 1 is 1.19 bits per heavy atom. The van der Waals surface area contributed by atoms with Crippen LogP contribution in [0.4, 0.5) is 4.39 Å². The number of hydrogen-bond donors (Lipinski definition) is 2. The van der Waals surface area contributed by atoms with Gasteiger partial charge in [-0.15, -0.1) is 0 Å². The van der Waals surface area contributed by atoms with Crippen molar-refractivity contribution in [2.45, 2.75) is 56.7 Å².